The molecule has 0 saturated carbocycles. The first-order chi connectivity index (χ1) is 16.9. The summed E-state index contributed by atoms with van der Waals surface area (Å²) in [5, 5.41) is 13.2. The Hall–Kier alpha value is -4.13. The van der Waals surface area contributed by atoms with Gasteiger partial charge in [-0.05, 0) is 17.2 Å². The Morgan fingerprint density at radius 1 is 1.23 bits per heavy atom. The number of aromatic nitrogens is 1. The van der Waals surface area contributed by atoms with E-state index in [1.165, 1.54) is 7.11 Å². The van der Waals surface area contributed by atoms with Crippen molar-refractivity contribution in [2.45, 2.75) is 12.5 Å². The SMILES string of the molecule is COC(=O)/C=c1\sc2n(c1=O)C(N)=C(C#N)C(c1ccccc1Cl)C=2C(=O)NCc1ccccc1. The Kier molecular flexibility index (Phi) is 6.87. The molecule has 2 heterocycles. The molecule has 10 heteroatoms. The van der Waals surface area contributed by atoms with E-state index in [4.69, 9.17) is 17.3 Å². The zero-order valence-electron chi connectivity index (χ0n) is 18.4. The zero-order valence-corrected chi connectivity index (χ0v) is 20.0. The molecule has 0 fully saturated rings. The fraction of sp³-hybridized carbons (Fsp3) is 0.120. The van der Waals surface area contributed by atoms with Crippen LogP contribution >= 0.6 is 22.9 Å². The monoisotopic (exact) mass is 506 g/mol. The first kappa shape index (κ1) is 24.0. The standard InChI is InChI=1S/C25H19ClN4O4S/c1-34-19(31)11-18-24(33)30-22(28)16(12-27)20(15-9-5-6-10-17(15)26)21(25(30)35-18)23(32)29-13-14-7-3-2-4-8-14/h2-11,20H,13,28H2,1H3,(H,29,32)/b18-11-. The molecule has 0 radical (unpaired) electrons. The Bertz CT molecular complexity index is 1580. The molecule has 0 aliphatic carbocycles. The molecule has 8 nitrogen and oxygen atoms in total. The van der Waals surface area contributed by atoms with Gasteiger partial charge in [-0.1, -0.05) is 60.1 Å². The first-order valence-corrected chi connectivity index (χ1v) is 11.6. The van der Waals surface area contributed by atoms with Crippen molar-refractivity contribution in [3.05, 3.63) is 95.9 Å². The van der Waals surface area contributed by atoms with Gasteiger partial charge in [0, 0.05) is 17.6 Å². The number of hydrogen-bond acceptors (Lipinski definition) is 7. The van der Waals surface area contributed by atoms with Crippen LogP contribution < -0.4 is 25.8 Å². The second kappa shape index (κ2) is 10.0. The number of nitrogens with zero attached hydrogens (tertiary/aromatic N) is 2. The first-order valence-electron chi connectivity index (χ1n) is 10.4. The molecule has 1 atom stereocenters. The second-order valence-electron chi connectivity index (χ2n) is 7.53. The van der Waals surface area contributed by atoms with Crippen molar-refractivity contribution >= 4 is 52.3 Å². The molecule has 4 rings (SSSR count). The van der Waals surface area contributed by atoms with Crippen molar-refractivity contribution in [2.75, 3.05) is 7.11 Å². The molecule has 35 heavy (non-hydrogen) atoms. The number of nitrogens with two attached hydrogens (primary N) is 1. The summed E-state index contributed by atoms with van der Waals surface area (Å²) in [6, 6.07) is 18.2. The molecule has 2 aromatic carbocycles. The van der Waals surface area contributed by atoms with Crippen molar-refractivity contribution in [1.29, 1.82) is 5.26 Å². The van der Waals surface area contributed by atoms with Gasteiger partial charge in [-0.3, -0.25) is 14.2 Å². The van der Waals surface area contributed by atoms with E-state index in [9.17, 15) is 19.6 Å². The molecular formula is C25H19ClN4O4S. The molecule has 1 aliphatic heterocycles. The van der Waals surface area contributed by atoms with Crippen LogP contribution in [0.5, 0.6) is 0 Å². The summed E-state index contributed by atoms with van der Waals surface area (Å²) in [6.45, 7) is 0.219. The van der Waals surface area contributed by atoms with E-state index in [1.807, 2.05) is 30.3 Å². The molecule has 0 spiro atoms. The lowest BCUT2D eigenvalue weighted by molar-refractivity contribution is -0.133. The molecule has 1 unspecified atom stereocenters. The van der Waals surface area contributed by atoms with E-state index < -0.39 is 23.4 Å². The number of esters is 1. The van der Waals surface area contributed by atoms with Gasteiger partial charge < -0.3 is 15.8 Å². The topological polar surface area (TPSA) is 127 Å². The van der Waals surface area contributed by atoms with E-state index in [-0.39, 0.29) is 32.7 Å². The number of hydrogen-bond donors (Lipinski definition) is 2. The van der Waals surface area contributed by atoms with E-state index in [1.54, 1.807) is 24.3 Å². The van der Waals surface area contributed by atoms with Gasteiger partial charge in [0.15, 0.2) is 0 Å². The van der Waals surface area contributed by atoms with Gasteiger partial charge in [0.25, 0.3) is 11.5 Å². The Balaban J connectivity index is 2.00. The highest BCUT2D eigenvalue weighted by molar-refractivity contribution is 7.07. The molecule has 0 saturated heterocycles. The second-order valence-corrected chi connectivity index (χ2v) is 8.96. The molecule has 3 N–H and O–H groups in total. The van der Waals surface area contributed by atoms with Crippen molar-refractivity contribution in [2.24, 2.45) is 5.73 Å². The summed E-state index contributed by atoms with van der Waals surface area (Å²) in [5.41, 5.74) is 7.15. The van der Waals surface area contributed by atoms with Crippen molar-refractivity contribution in [1.82, 2.24) is 9.88 Å². The normalized spacial score (nSPS) is 15.4. The maximum Gasteiger partial charge on any atom is 0.332 e. The van der Waals surface area contributed by atoms with Crippen LogP contribution in [0.2, 0.25) is 5.02 Å². The van der Waals surface area contributed by atoms with Crippen molar-refractivity contribution < 1.29 is 14.3 Å². The van der Waals surface area contributed by atoms with Crippen LogP contribution in [0.4, 0.5) is 0 Å². The highest BCUT2D eigenvalue weighted by Gasteiger charge is 2.36. The van der Waals surface area contributed by atoms with Gasteiger partial charge in [0.2, 0.25) is 0 Å². The number of rotatable bonds is 5. The summed E-state index contributed by atoms with van der Waals surface area (Å²) in [5.74, 6) is -2.29. The lowest BCUT2D eigenvalue weighted by Crippen LogP contribution is -2.42. The zero-order chi connectivity index (χ0) is 25.1. The van der Waals surface area contributed by atoms with E-state index >= 15 is 0 Å². The lowest BCUT2D eigenvalue weighted by Gasteiger charge is -2.26. The van der Waals surface area contributed by atoms with Crippen LogP contribution in [0.15, 0.2) is 65.0 Å². The minimum atomic E-state index is -0.923. The molecule has 0 bridgehead atoms. The minimum absolute atomic E-state index is 0.0000193. The number of carbonyl (C=O) groups is 2. The largest absolute Gasteiger partial charge is 0.466 e. The molecule has 1 aromatic heterocycles. The molecular weight excluding hydrogens is 488 g/mol. The van der Waals surface area contributed by atoms with Crippen LogP contribution in [-0.4, -0.2) is 23.6 Å². The van der Waals surface area contributed by atoms with Crippen LogP contribution in [0.25, 0.3) is 17.5 Å². The predicted octanol–water partition coefficient (Wildman–Crippen LogP) is 1.43. The van der Waals surface area contributed by atoms with Crippen LogP contribution in [0.3, 0.4) is 0 Å². The van der Waals surface area contributed by atoms with Gasteiger partial charge >= 0.3 is 5.97 Å². The summed E-state index contributed by atoms with van der Waals surface area (Å²) < 4.78 is 5.95. The minimum Gasteiger partial charge on any atom is -0.466 e. The Labute approximate surface area is 208 Å². The number of nitrogens with one attached hydrogen (secondary N) is 1. The maximum atomic E-state index is 13.6. The number of amides is 1. The molecule has 176 valence electrons. The number of methoxy groups -OCH3 is 1. The van der Waals surface area contributed by atoms with Crippen molar-refractivity contribution in [3.8, 4) is 6.07 Å². The van der Waals surface area contributed by atoms with E-state index in [0.29, 0.717) is 10.6 Å². The summed E-state index contributed by atoms with van der Waals surface area (Å²) in [6.07, 6.45) is 1.03. The number of halogens is 1. The Morgan fingerprint density at radius 3 is 2.57 bits per heavy atom. The average Bonchev–Trinajstić information content (AvgIpc) is 3.19. The summed E-state index contributed by atoms with van der Waals surface area (Å²) in [4.78, 5) is 38.6. The van der Waals surface area contributed by atoms with Crippen LogP contribution in [0.1, 0.15) is 17.0 Å². The van der Waals surface area contributed by atoms with E-state index in [2.05, 4.69) is 16.1 Å². The van der Waals surface area contributed by atoms with Crippen molar-refractivity contribution in [3.63, 3.8) is 0 Å². The van der Waals surface area contributed by atoms with Gasteiger partial charge in [0.05, 0.1) is 30.2 Å². The molecule has 3 aromatic rings. The third kappa shape index (κ3) is 4.49. The van der Waals surface area contributed by atoms with E-state index in [0.717, 1.165) is 27.5 Å². The highest BCUT2D eigenvalue weighted by Crippen LogP contribution is 2.39. The number of thiazole rings is 1. The fourth-order valence-electron chi connectivity index (χ4n) is 3.83. The highest BCUT2D eigenvalue weighted by atomic mass is 35.5. The van der Waals surface area contributed by atoms with Gasteiger partial charge in [-0.15, -0.1) is 11.3 Å². The van der Waals surface area contributed by atoms with Crippen LogP contribution in [-0.2, 0) is 20.9 Å². The molecule has 1 amide bonds. The molecule has 1 aliphatic rings. The van der Waals surface area contributed by atoms with Gasteiger partial charge in [-0.25, -0.2) is 4.79 Å². The fourth-order valence-corrected chi connectivity index (χ4v) is 5.21. The number of ether oxygens (including phenoxy) is 1. The summed E-state index contributed by atoms with van der Waals surface area (Å²) >= 11 is 7.39. The number of nitriles is 1. The predicted molar refractivity (Wildman–Crippen MR) is 133 cm³/mol. The third-order valence-electron chi connectivity index (χ3n) is 5.48. The van der Waals surface area contributed by atoms with Gasteiger partial charge in [0.1, 0.15) is 15.0 Å². The quantitative estimate of drug-likeness (QED) is 0.504. The third-order valence-corrected chi connectivity index (χ3v) is 6.93. The number of fused-ring (bicyclic) bond motifs is 1. The summed E-state index contributed by atoms with van der Waals surface area (Å²) in [7, 11) is 1.19. The maximum absolute atomic E-state index is 13.6. The number of allylic oxidation sites excluding steroid dienone is 1. The van der Waals surface area contributed by atoms with Gasteiger partial charge in [-0.2, -0.15) is 5.26 Å². The average molecular weight is 507 g/mol. The number of benzene rings is 2. The number of carbonyl (C=O) groups excluding carboxylic acids is 2. The Morgan fingerprint density at radius 2 is 1.91 bits per heavy atom. The van der Waals surface area contributed by atoms with Crippen LogP contribution in [0, 0.1) is 11.3 Å². The lowest BCUT2D eigenvalue weighted by atomic mass is 9.83. The smallest absolute Gasteiger partial charge is 0.332 e.